The molecule has 3 nitrogen and oxygen atoms in total. The van der Waals surface area contributed by atoms with Crippen LogP contribution in [-0.4, -0.2) is 34.7 Å². The molecule has 1 fully saturated rings. The molecular formula is C24H33F6NO2. The summed E-state index contributed by atoms with van der Waals surface area (Å²) in [5, 5.41) is 9.22. The molecule has 33 heavy (non-hydrogen) atoms. The van der Waals surface area contributed by atoms with Crippen LogP contribution in [0, 0.1) is 11.8 Å². The van der Waals surface area contributed by atoms with Gasteiger partial charge in [-0.3, -0.25) is 9.69 Å². The number of hydrogen-bond donors (Lipinski definition) is 1. The van der Waals surface area contributed by atoms with Crippen LogP contribution in [-0.2, 0) is 11.0 Å². The summed E-state index contributed by atoms with van der Waals surface area (Å²) in [6.07, 6.45) is -6.70. The first-order valence-electron chi connectivity index (χ1n) is 11.5. The molecule has 1 heterocycles. The summed E-state index contributed by atoms with van der Waals surface area (Å²) in [6, 6.07) is 4.39. The number of likely N-dealkylation sites (tertiary alicyclic amines) is 1. The first-order chi connectivity index (χ1) is 15.3. The average Bonchev–Trinajstić information content (AvgIpc) is 2.69. The predicted molar refractivity (Wildman–Crippen MR) is 114 cm³/mol. The van der Waals surface area contributed by atoms with Gasteiger partial charge in [0, 0.05) is 24.9 Å². The highest BCUT2D eigenvalue weighted by atomic mass is 19.4. The molecule has 1 aromatic rings. The molecule has 1 N–H and O–H groups in total. The summed E-state index contributed by atoms with van der Waals surface area (Å²) in [5.41, 5.74) is -0.124. The van der Waals surface area contributed by atoms with Crippen LogP contribution in [0.3, 0.4) is 0 Å². The zero-order chi connectivity index (χ0) is 24.8. The van der Waals surface area contributed by atoms with E-state index in [1.807, 2.05) is 13.8 Å². The van der Waals surface area contributed by atoms with Gasteiger partial charge in [0.05, 0.1) is 5.56 Å². The molecule has 0 amide bonds. The molecule has 0 aliphatic carbocycles. The summed E-state index contributed by atoms with van der Waals surface area (Å²) in [6.45, 7) is 4.59. The van der Waals surface area contributed by atoms with Crippen molar-refractivity contribution in [2.45, 2.75) is 89.7 Å². The molecule has 3 atom stereocenters. The first-order valence-corrected chi connectivity index (χ1v) is 11.5. The second-order valence-electron chi connectivity index (χ2n) is 9.49. The van der Waals surface area contributed by atoms with E-state index in [9.17, 15) is 36.2 Å². The average molecular weight is 482 g/mol. The molecule has 0 bridgehead atoms. The summed E-state index contributed by atoms with van der Waals surface area (Å²) in [4.78, 5) is 13.4. The fourth-order valence-electron chi connectivity index (χ4n) is 4.69. The van der Waals surface area contributed by atoms with Gasteiger partial charge in [0.15, 0.2) is 0 Å². The molecule has 2 rings (SSSR count). The number of carboxylic acid groups (broad SMARTS) is 1. The highest BCUT2D eigenvalue weighted by molar-refractivity contribution is 5.67. The maximum atomic E-state index is 13.0. The lowest BCUT2D eigenvalue weighted by atomic mass is 9.83. The van der Waals surface area contributed by atoms with Crippen LogP contribution < -0.4 is 0 Å². The summed E-state index contributed by atoms with van der Waals surface area (Å²) in [7, 11) is 0. The summed E-state index contributed by atoms with van der Waals surface area (Å²) < 4.78 is 77.3. The van der Waals surface area contributed by atoms with Gasteiger partial charge < -0.3 is 5.11 Å². The number of benzene rings is 1. The van der Waals surface area contributed by atoms with Crippen LogP contribution in [0.15, 0.2) is 24.3 Å². The summed E-state index contributed by atoms with van der Waals surface area (Å²) in [5.74, 6) is -0.697. The standard InChI is InChI=1S/C24H33F6NO2/c1-16(2)5-10-20(4-3-12-23(25,26)27)31-13-11-17(15-22(32)33)14-21(31)18-6-8-19(9-7-18)24(28,29)30/h6-9,16-17,20-21H,3-5,10-15H2,1-2H3,(H,32,33)/t17-,20+,21+/m0/s1. The third kappa shape index (κ3) is 9.18. The van der Waals surface area contributed by atoms with Crippen LogP contribution in [0.1, 0.15) is 82.4 Å². The molecular weight excluding hydrogens is 448 g/mol. The molecule has 9 heteroatoms. The highest BCUT2D eigenvalue weighted by Gasteiger charge is 2.36. The Kier molecular flexibility index (Phi) is 9.64. The van der Waals surface area contributed by atoms with Crippen molar-refractivity contribution in [1.29, 1.82) is 0 Å². The van der Waals surface area contributed by atoms with Crippen LogP contribution in [0.5, 0.6) is 0 Å². The number of alkyl halides is 6. The van der Waals surface area contributed by atoms with Gasteiger partial charge in [0.1, 0.15) is 0 Å². The quantitative estimate of drug-likeness (QED) is 0.353. The van der Waals surface area contributed by atoms with E-state index < -0.39 is 30.3 Å². The second kappa shape index (κ2) is 11.6. The van der Waals surface area contributed by atoms with Crippen molar-refractivity contribution in [2.75, 3.05) is 6.54 Å². The van der Waals surface area contributed by atoms with Crippen molar-refractivity contribution in [3.8, 4) is 0 Å². The molecule has 0 radical (unpaired) electrons. The molecule has 0 spiro atoms. The normalized spacial score (nSPS) is 21.4. The third-order valence-electron chi connectivity index (χ3n) is 6.38. The van der Waals surface area contributed by atoms with E-state index in [2.05, 4.69) is 4.90 Å². The SMILES string of the molecule is CC(C)CC[C@@H](CCCC(F)(F)F)N1CC[C@H](CC(=O)O)C[C@@H]1c1ccc(C(F)(F)F)cc1. The minimum absolute atomic E-state index is 0.0128. The van der Waals surface area contributed by atoms with Gasteiger partial charge >= 0.3 is 18.3 Å². The Bertz CT molecular complexity index is 745. The lowest BCUT2D eigenvalue weighted by Crippen LogP contribution is -2.44. The fraction of sp³-hybridized carbons (Fsp3) is 0.708. The number of piperidine rings is 1. The number of halogens is 6. The molecule has 0 unspecified atom stereocenters. The Balaban J connectivity index is 2.29. The maximum Gasteiger partial charge on any atom is 0.416 e. The minimum atomic E-state index is -4.46. The van der Waals surface area contributed by atoms with Gasteiger partial charge in [-0.2, -0.15) is 26.3 Å². The van der Waals surface area contributed by atoms with E-state index in [1.54, 1.807) is 0 Å². The van der Waals surface area contributed by atoms with Crippen LogP contribution in [0.4, 0.5) is 26.3 Å². The lowest BCUT2D eigenvalue weighted by molar-refractivity contribution is -0.139. The third-order valence-corrected chi connectivity index (χ3v) is 6.38. The number of rotatable bonds is 10. The Morgan fingerprint density at radius 1 is 1.06 bits per heavy atom. The Morgan fingerprint density at radius 3 is 2.21 bits per heavy atom. The van der Waals surface area contributed by atoms with Gasteiger partial charge in [0.25, 0.3) is 0 Å². The molecule has 1 aliphatic heterocycles. The lowest BCUT2D eigenvalue weighted by Gasteiger charge is -2.44. The van der Waals surface area contributed by atoms with Crippen molar-refractivity contribution in [1.82, 2.24) is 4.90 Å². The number of hydrogen-bond acceptors (Lipinski definition) is 2. The van der Waals surface area contributed by atoms with Crippen molar-refractivity contribution in [3.05, 3.63) is 35.4 Å². The smallest absolute Gasteiger partial charge is 0.416 e. The van der Waals surface area contributed by atoms with Crippen LogP contribution in [0.2, 0.25) is 0 Å². The highest BCUT2D eigenvalue weighted by Crippen LogP contribution is 2.40. The van der Waals surface area contributed by atoms with Gasteiger partial charge in [-0.25, -0.2) is 0 Å². The van der Waals surface area contributed by atoms with Gasteiger partial charge in [0.2, 0.25) is 0 Å². The Labute approximate surface area is 191 Å². The first kappa shape index (κ1) is 27.5. The topological polar surface area (TPSA) is 40.5 Å². The van der Waals surface area contributed by atoms with Gasteiger partial charge in [-0.1, -0.05) is 26.0 Å². The Hall–Kier alpha value is -1.77. The van der Waals surface area contributed by atoms with Gasteiger partial charge in [-0.15, -0.1) is 0 Å². The minimum Gasteiger partial charge on any atom is -0.481 e. The monoisotopic (exact) mass is 481 g/mol. The summed E-state index contributed by atoms with van der Waals surface area (Å²) >= 11 is 0. The number of aliphatic carboxylic acids is 1. The number of carbonyl (C=O) groups is 1. The Morgan fingerprint density at radius 2 is 1.70 bits per heavy atom. The van der Waals surface area contributed by atoms with E-state index in [1.165, 1.54) is 12.1 Å². The zero-order valence-corrected chi connectivity index (χ0v) is 19.1. The van der Waals surface area contributed by atoms with E-state index in [0.29, 0.717) is 43.7 Å². The van der Waals surface area contributed by atoms with Crippen molar-refractivity contribution >= 4 is 5.97 Å². The fourth-order valence-corrected chi connectivity index (χ4v) is 4.69. The maximum absolute atomic E-state index is 13.0. The van der Waals surface area contributed by atoms with Crippen molar-refractivity contribution in [2.24, 2.45) is 11.8 Å². The van der Waals surface area contributed by atoms with E-state index in [0.717, 1.165) is 18.6 Å². The van der Waals surface area contributed by atoms with E-state index >= 15 is 0 Å². The molecule has 0 aromatic heterocycles. The van der Waals surface area contributed by atoms with E-state index in [4.69, 9.17) is 0 Å². The van der Waals surface area contributed by atoms with Crippen molar-refractivity contribution in [3.63, 3.8) is 0 Å². The number of carboxylic acids is 1. The van der Waals surface area contributed by atoms with Crippen molar-refractivity contribution < 1.29 is 36.2 Å². The number of nitrogens with zero attached hydrogens (tertiary/aromatic N) is 1. The zero-order valence-electron chi connectivity index (χ0n) is 19.1. The molecule has 0 saturated carbocycles. The second-order valence-corrected chi connectivity index (χ2v) is 9.49. The largest absolute Gasteiger partial charge is 0.481 e. The van der Waals surface area contributed by atoms with Crippen LogP contribution in [0.25, 0.3) is 0 Å². The van der Waals surface area contributed by atoms with Gasteiger partial charge in [-0.05, 0) is 74.6 Å². The molecule has 1 aromatic carbocycles. The molecule has 188 valence electrons. The molecule has 1 saturated heterocycles. The van der Waals surface area contributed by atoms with E-state index in [-0.39, 0.29) is 30.8 Å². The molecule has 1 aliphatic rings. The predicted octanol–water partition coefficient (Wildman–Crippen LogP) is 7.47. The van der Waals surface area contributed by atoms with Crippen LogP contribution >= 0.6 is 0 Å².